The lowest BCUT2D eigenvalue weighted by atomic mass is 9.96. The summed E-state index contributed by atoms with van der Waals surface area (Å²) in [6.07, 6.45) is 2.39. The molecule has 2 aromatic carbocycles. The number of ketones is 1. The standard InChI is InChI=1S/C24H24O9/c1-27-18-7-5-16(6-8-18)23(26)17(12-21(25)33-22-13-31-14-32-22)9-15-10-19(28-2)24(30-4)20(11-15)29-3/h5-8,10-13H,9,14H2,1-4H3. The fraction of sp³-hybridized carbons (Fsp3) is 0.250. The Morgan fingerprint density at radius 1 is 0.939 bits per heavy atom. The summed E-state index contributed by atoms with van der Waals surface area (Å²) >= 11 is 0. The lowest BCUT2D eigenvalue weighted by Gasteiger charge is -2.15. The van der Waals surface area contributed by atoms with Gasteiger partial charge in [-0.1, -0.05) is 0 Å². The zero-order valence-corrected chi connectivity index (χ0v) is 18.7. The molecule has 0 atom stereocenters. The number of benzene rings is 2. The van der Waals surface area contributed by atoms with Crippen LogP contribution < -0.4 is 18.9 Å². The summed E-state index contributed by atoms with van der Waals surface area (Å²) in [5, 5.41) is 0. The second kappa shape index (κ2) is 10.9. The van der Waals surface area contributed by atoms with E-state index in [4.69, 9.17) is 33.2 Å². The topological polar surface area (TPSA) is 98.8 Å². The first-order valence-electron chi connectivity index (χ1n) is 9.83. The molecule has 0 amide bonds. The van der Waals surface area contributed by atoms with Crippen LogP contribution in [0, 0.1) is 0 Å². The zero-order valence-electron chi connectivity index (χ0n) is 18.7. The first kappa shape index (κ1) is 23.5. The Morgan fingerprint density at radius 2 is 1.61 bits per heavy atom. The van der Waals surface area contributed by atoms with Gasteiger partial charge >= 0.3 is 11.9 Å². The van der Waals surface area contributed by atoms with Crippen molar-refractivity contribution >= 4 is 11.8 Å². The number of hydrogen-bond acceptors (Lipinski definition) is 9. The molecule has 1 aliphatic heterocycles. The van der Waals surface area contributed by atoms with Crippen LogP contribution in [-0.4, -0.2) is 47.0 Å². The highest BCUT2D eigenvalue weighted by Crippen LogP contribution is 2.38. The van der Waals surface area contributed by atoms with Crippen LogP contribution in [0.25, 0.3) is 0 Å². The Balaban J connectivity index is 1.96. The van der Waals surface area contributed by atoms with Gasteiger partial charge in [0.1, 0.15) is 5.75 Å². The van der Waals surface area contributed by atoms with Crippen molar-refractivity contribution in [3.05, 3.63) is 71.4 Å². The van der Waals surface area contributed by atoms with E-state index in [9.17, 15) is 9.59 Å². The van der Waals surface area contributed by atoms with Gasteiger partial charge in [-0.3, -0.25) is 4.79 Å². The van der Waals surface area contributed by atoms with Gasteiger partial charge in [-0.2, -0.15) is 0 Å². The molecule has 3 rings (SSSR count). The van der Waals surface area contributed by atoms with E-state index in [-0.39, 0.29) is 30.5 Å². The molecule has 0 radical (unpaired) electrons. The van der Waals surface area contributed by atoms with E-state index in [0.29, 0.717) is 34.1 Å². The predicted molar refractivity (Wildman–Crippen MR) is 116 cm³/mol. The SMILES string of the molecule is COc1ccc(C(=O)C(=CC(=O)OC2=COCO2)Cc2cc(OC)c(OC)c(OC)c2)cc1. The van der Waals surface area contributed by atoms with E-state index in [0.717, 1.165) is 6.08 Å². The molecule has 9 heteroatoms. The molecule has 0 saturated carbocycles. The van der Waals surface area contributed by atoms with Crippen LogP contribution in [0.1, 0.15) is 15.9 Å². The smallest absolute Gasteiger partial charge is 0.339 e. The average Bonchev–Trinajstić information content (AvgIpc) is 3.35. The third-order valence-electron chi connectivity index (χ3n) is 4.70. The summed E-state index contributed by atoms with van der Waals surface area (Å²) < 4.78 is 36.2. The van der Waals surface area contributed by atoms with Crippen molar-refractivity contribution in [2.24, 2.45) is 0 Å². The van der Waals surface area contributed by atoms with Crippen LogP contribution in [0.3, 0.4) is 0 Å². The first-order valence-corrected chi connectivity index (χ1v) is 9.83. The molecule has 1 aliphatic rings. The molecule has 174 valence electrons. The molecule has 2 aromatic rings. The molecule has 0 N–H and O–H groups in total. The minimum absolute atomic E-state index is 0.0462. The normalized spacial score (nSPS) is 12.7. The predicted octanol–water partition coefficient (Wildman–Crippen LogP) is 3.42. The quantitative estimate of drug-likeness (QED) is 0.302. The summed E-state index contributed by atoms with van der Waals surface area (Å²) in [6.45, 7) is -0.0462. The number of Topliss-reactive ketones (excluding diaryl/α,β-unsaturated/α-hetero) is 1. The van der Waals surface area contributed by atoms with Crippen molar-refractivity contribution in [2.75, 3.05) is 35.2 Å². The van der Waals surface area contributed by atoms with E-state index < -0.39 is 5.97 Å². The van der Waals surface area contributed by atoms with Crippen LogP contribution in [0.5, 0.6) is 23.0 Å². The van der Waals surface area contributed by atoms with Crippen molar-refractivity contribution in [1.82, 2.24) is 0 Å². The largest absolute Gasteiger partial charge is 0.497 e. The molecule has 0 bridgehead atoms. The Kier molecular flexibility index (Phi) is 7.80. The van der Waals surface area contributed by atoms with E-state index in [1.165, 1.54) is 34.7 Å². The van der Waals surface area contributed by atoms with Gasteiger partial charge in [0.15, 0.2) is 23.5 Å². The fourth-order valence-electron chi connectivity index (χ4n) is 3.13. The molecule has 0 spiro atoms. The van der Waals surface area contributed by atoms with Gasteiger partial charge in [0, 0.05) is 23.6 Å². The molecular weight excluding hydrogens is 432 g/mol. The third kappa shape index (κ3) is 5.76. The lowest BCUT2D eigenvalue weighted by molar-refractivity contribution is -0.139. The number of esters is 1. The summed E-state index contributed by atoms with van der Waals surface area (Å²) in [5.41, 5.74) is 1.21. The van der Waals surface area contributed by atoms with Crippen LogP contribution in [0.15, 0.2) is 60.3 Å². The molecule has 0 fully saturated rings. The Hall–Kier alpha value is -4.14. The molecular formula is C24H24O9. The van der Waals surface area contributed by atoms with Crippen molar-refractivity contribution < 1.29 is 42.7 Å². The summed E-state index contributed by atoms with van der Waals surface area (Å²) in [6, 6.07) is 9.97. The highest BCUT2D eigenvalue weighted by atomic mass is 16.8. The second-order valence-corrected chi connectivity index (χ2v) is 6.72. The first-order chi connectivity index (χ1) is 16.0. The molecule has 0 aliphatic carbocycles. The molecule has 0 aromatic heterocycles. The number of carbonyl (C=O) groups excluding carboxylic acids is 2. The van der Waals surface area contributed by atoms with Gasteiger partial charge < -0.3 is 33.2 Å². The Bertz CT molecular complexity index is 1040. The summed E-state index contributed by atoms with van der Waals surface area (Å²) in [5.74, 6) is 0.642. The number of carbonyl (C=O) groups is 2. The van der Waals surface area contributed by atoms with Gasteiger partial charge in [-0.05, 0) is 42.0 Å². The number of methoxy groups -OCH3 is 4. The van der Waals surface area contributed by atoms with Crippen LogP contribution in [0.2, 0.25) is 0 Å². The molecule has 0 unspecified atom stereocenters. The van der Waals surface area contributed by atoms with Crippen molar-refractivity contribution in [3.63, 3.8) is 0 Å². The second-order valence-electron chi connectivity index (χ2n) is 6.72. The van der Waals surface area contributed by atoms with Crippen molar-refractivity contribution in [1.29, 1.82) is 0 Å². The third-order valence-corrected chi connectivity index (χ3v) is 4.70. The Morgan fingerprint density at radius 3 is 2.12 bits per heavy atom. The summed E-state index contributed by atoms with van der Waals surface area (Å²) in [7, 11) is 6.02. The van der Waals surface area contributed by atoms with Crippen molar-refractivity contribution in [2.45, 2.75) is 6.42 Å². The maximum absolute atomic E-state index is 13.3. The number of ether oxygens (including phenoxy) is 7. The van der Waals surface area contributed by atoms with Gasteiger partial charge in [0.25, 0.3) is 0 Å². The zero-order chi connectivity index (χ0) is 23.8. The average molecular weight is 456 g/mol. The molecule has 1 heterocycles. The van der Waals surface area contributed by atoms with Gasteiger partial charge in [0.2, 0.25) is 12.5 Å². The van der Waals surface area contributed by atoms with E-state index in [2.05, 4.69) is 0 Å². The van der Waals surface area contributed by atoms with Crippen LogP contribution in [0.4, 0.5) is 0 Å². The fourth-order valence-corrected chi connectivity index (χ4v) is 3.13. The van der Waals surface area contributed by atoms with E-state index >= 15 is 0 Å². The van der Waals surface area contributed by atoms with E-state index in [1.54, 1.807) is 36.4 Å². The van der Waals surface area contributed by atoms with Crippen molar-refractivity contribution in [3.8, 4) is 23.0 Å². The number of hydrogen-bond donors (Lipinski definition) is 0. The highest BCUT2D eigenvalue weighted by molar-refractivity contribution is 6.11. The highest BCUT2D eigenvalue weighted by Gasteiger charge is 2.20. The van der Waals surface area contributed by atoms with Gasteiger partial charge in [-0.25, -0.2) is 4.79 Å². The molecule has 0 saturated heterocycles. The molecule has 9 nitrogen and oxygen atoms in total. The number of allylic oxidation sites excluding steroid dienone is 1. The Labute approximate surface area is 191 Å². The number of rotatable bonds is 10. The maximum atomic E-state index is 13.3. The van der Waals surface area contributed by atoms with Crippen LogP contribution >= 0.6 is 0 Å². The van der Waals surface area contributed by atoms with Gasteiger partial charge in [0.05, 0.1) is 28.4 Å². The maximum Gasteiger partial charge on any atom is 0.339 e. The lowest BCUT2D eigenvalue weighted by Crippen LogP contribution is -2.11. The van der Waals surface area contributed by atoms with Gasteiger partial charge in [-0.15, -0.1) is 0 Å². The molecule has 33 heavy (non-hydrogen) atoms. The minimum Gasteiger partial charge on any atom is -0.497 e. The van der Waals surface area contributed by atoms with E-state index in [1.807, 2.05) is 0 Å². The van der Waals surface area contributed by atoms with Crippen LogP contribution in [-0.2, 0) is 25.4 Å². The summed E-state index contributed by atoms with van der Waals surface area (Å²) in [4.78, 5) is 25.7. The minimum atomic E-state index is -0.781. The monoisotopic (exact) mass is 456 g/mol.